The molecule has 0 radical (unpaired) electrons. The number of anilines is 2. The summed E-state index contributed by atoms with van der Waals surface area (Å²) in [7, 11) is 0. The van der Waals surface area contributed by atoms with Crippen LogP contribution in [0.5, 0.6) is 0 Å². The zero-order valence-corrected chi connectivity index (χ0v) is 10.9. The first kappa shape index (κ1) is 12.2. The summed E-state index contributed by atoms with van der Waals surface area (Å²) in [6.07, 6.45) is 3.26. The Labute approximate surface area is 111 Å². The summed E-state index contributed by atoms with van der Waals surface area (Å²) in [6, 6.07) is 0. The van der Waals surface area contributed by atoms with Gasteiger partial charge in [0.05, 0.1) is 17.7 Å². The van der Waals surface area contributed by atoms with Gasteiger partial charge in [-0.05, 0) is 12.8 Å². The number of hydrogen-bond acceptors (Lipinski definition) is 6. The van der Waals surface area contributed by atoms with E-state index in [0.717, 1.165) is 42.8 Å². The lowest BCUT2D eigenvalue weighted by molar-refractivity contribution is 0.198. The number of nitrogens with zero attached hydrogens (tertiary/aromatic N) is 4. The van der Waals surface area contributed by atoms with Gasteiger partial charge in [-0.25, -0.2) is 0 Å². The van der Waals surface area contributed by atoms with Gasteiger partial charge in [-0.1, -0.05) is 6.92 Å². The molecule has 0 spiro atoms. The summed E-state index contributed by atoms with van der Waals surface area (Å²) in [6.45, 7) is 4.36. The molecule has 1 unspecified atom stereocenters. The van der Waals surface area contributed by atoms with Gasteiger partial charge in [0, 0.05) is 19.6 Å². The lowest BCUT2D eigenvalue weighted by atomic mass is 10.3. The van der Waals surface area contributed by atoms with Crippen LogP contribution in [0.15, 0.2) is 6.20 Å². The first-order valence-corrected chi connectivity index (χ1v) is 6.66. The van der Waals surface area contributed by atoms with Gasteiger partial charge in [0.15, 0.2) is 5.65 Å². The van der Waals surface area contributed by atoms with E-state index in [1.54, 1.807) is 6.20 Å². The number of aliphatic hydroxyl groups excluding tert-OH is 1. The van der Waals surface area contributed by atoms with Crippen LogP contribution in [0, 0.1) is 0 Å². The Kier molecular flexibility index (Phi) is 3.20. The molecule has 0 aromatic carbocycles. The molecule has 0 amide bonds. The maximum Gasteiger partial charge on any atom is 0.226 e. The summed E-state index contributed by atoms with van der Waals surface area (Å²) in [4.78, 5) is 11.0. The number of nitrogens with one attached hydrogen (secondary N) is 2. The number of hydrogen-bond donors (Lipinski definition) is 3. The molecule has 19 heavy (non-hydrogen) atoms. The van der Waals surface area contributed by atoms with Crippen LogP contribution in [0.1, 0.15) is 19.8 Å². The Morgan fingerprint density at radius 2 is 2.42 bits per heavy atom. The second kappa shape index (κ2) is 5.00. The van der Waals surface area contributed by atoms with Crippen molar-refractivity contribution in [2.75, 3.05) is 29.9 Å². The Hall–Kier alpha value is -1.89. The fourth-order valence-corrected chi connectivity index (χ4v) is 2.31. The summed E-state index contributed by atoms with van der Waals surface area (Å²) in [5, 5.41) is 20.7. The van der Waals surface area contributed by atoms with E-state index in [-0.39, 0.29) is 6.10 Å². The van der Waals surface area contributed by atoms with Crippen LogP contribution in [-0.4, -0.2) is 51.0 Å². The number of fused-ring (bicyclic) bond motifs is 1. The molecule has 3 rings (SSSR count). The normalized spacial score (nSPS) is 19.3. The molecule has 1 fully saturated rings. The molecule has 3 heterocycles. The fraction of sp³-hybridized carbons (Fsp3) is 0.583. The highest BCUT2D eigenvalue weighted by Gasteiger charge is 2.24. The molecule has 0 bridgehead atoms. The van der Waals surface area contributed by atoms with Crippen LogP contribution < -0.4 is 10.2 Å². The van der Waals surface area contributed by atoms with Crippen molar-refractivity contribution in [2.24, 2.45) is 0 Å². The van der Waals surface area contributed by atoms with E-state index < -0.39 is 0 Å². The van der Waals surface area contributed by atoms with Gasteiger partial charge in [0.2, 0.25) is 5.95 Å². The maximum absolute atomic E-state index is 9.67. The molecule has 1 aliphatic rings. The van der Waals surface area contributed by atoms with Gasteiger partial charge < -0.3 is 15.3 Å². The highest BCUT2D eigenvalue weighted by molar-refractivity contribution is 5.87. The SMILES string of the molecule is CCCNc1nc(N2CCC(O)C2)c2cn[nH]c2n1. The average Bonchev–Trinajstić information content (AvgIpc) is 3.03. The lowest BCUT2D eigenvalue weighted by Gasteiger charge is -2.18. The number of aromatic amines is 1. The van der Waals surface area contributed by atoms with Crippen molar-refractivity contribution >= 4 is 22.8 Å². The Bertz CT molecular complexity index is 568. The first-order valence-electron chi connectivity index (χ1n) is 6.66. The minimum atomic E-state index is -0.274. The van der Waals surface area contributed by atoms with Crippen LogP contribution in [0.4, 0.5) is 11.8 Å². The topological polar surface area (TPSA) is 90.0 Å². The number of β-amino-alcohol motifs (C(OH)–C–C–N with tert-alkyl or cyclic N) is 1. The van der Waals surface area contributed by atoms with Gasteiger partial charge in [0.1, 0.15) is 5.82 Å². The van der Waals surface area contributed by atoms with Crippen LogP contribution in [0.3, 0.4) is 0 Å². The van der Waals surface area contributed by atoms with Crippen molar-refractivity contribution in [3.8, 4) is 0 Å². The third kappa shape index (κ3) is 2.33. The van der Waals surface area contributed by atoms with Gasteiger partial charge in [-0.15, -0.1) is 0 Å². The number of H-pyrrole nitrogens is 1. The van der Waals surface area contributed by atoms with E-state index in [1.165, 1.54) is 0 Å². The van der Waals surface area contributed by atoms with Crippen molar-refractivity contribution in [2.45, 2.75) is 25.9 Å². The quantitative estimate of drug-likeness (QED) is 0.753. The van der Waals surface area contributed by atoms with Crippen molar-refractivity contribution in [1.29, 1.82) is 0 Å². The zero-order chi connectivity index (χ0) is 13.2. The summed E-state index contributed by atoms with van der Waals surface area (Å²) in [5.74, 6) is 1.45. The van der Waals surface area contributed by atoms with Crippen molar-refractivity contribution in [3.05, 3.63) is 6.20 Å². The minimum Gasteiger partial charge on any atom is -0.391 e. The summed E-state index contributed by atoms with van der Waals surface area (Å²) in [5.41, 5.74) is 0.727. The number of aliphatic hydroxyl groups is 1. The highest BCUT2D eigenvalue weighted by atomic mass is 16.3. The smallest absolute Gasteiger partial charge is 0.226 e. The summed E-state index contributed by atoms with van der Waals surface area (Å²) < 4.78 is 0. The molecule has 102 valence electrons. The van der Waals surface area contributed by atoms with Gasteiger partial charge in [-0.2, -0.15) is 15.1 Å². The third-order valence-corrected chi connectivity index (χ3v) is 3.29. The molecule has 2 aromatic heterocycles. The molecule has 3 N–H and O–H groups in total. The van der Waals surface area contributed by atoms with E-state index >= 15 is 0 Å². The third-order valence-electron chi connectivity index (χ3n) is 3.29. The van der Waals surface area contributed by atoms with Gasteiger partial charge in [0.25, 0.3) is 0 Å². The van der Waals surface area contributed by atoms with E-state index in [1.807, 2.05) is 0 Å². The van der Waals surface area contributed by atoms with Crippen LogP contribution in [0.2, 0.25) is 0 Å². The van der Waals surface area contributed by atoms with Crippen molar-refractivity contribution in [3.63, 3.8) is 0 Å². The maximum atomic E-state index is 9.67. The van der Waals surface area contributed by atoms with E-state index in [9.17, 15) is 5.11 Å². The second-order valence-corrected chi connectivity index (χ2v) is 4.82. The molecule has 2 aromatic rings. The fourth-order valence-electron chi connectivity index (χ4n) is 2.31. The number of aromatic nitrogens is 4. The molecular weight excluding hydrogens is 244 g/mol. The molecule has 7 heteroatoms. The Balaban J connectivity index is 1.98. The Morgan fingerprint density at radius 3 is 3.16 bits per heavy atom. The monoisotopic (exact) mass is 262 g/mol. The van der Waals surface area contributed by atoms with Gasteiger partial charge in [-0.3, -0.25) is 5.10 Å². The van der Waals surface area contributed by atoms with Crippen LogP contribution in [0.25, 0.3) is 11.0 Å². The molecule has 0 saturated carbocycles. The van der Waals surface area contributed by atoms with E-state index in [0.29, 0.717) is 12.5 Å². The van der Waals surface area contributed by atoms with E-state index in [2.05, 4.69) is 37.3 Å². The lowest BCUT2D eigenvalue weighted by Crippen LogP contribution is -2.23. The van der Waals surface area contributed by atoms with Gasteiger partial charge >= 0.3 is 0 Å². The average molecular weight is 262 g/mol. The summed E-state index contributed by atoms with van der Waals surface area (Å²) >= 11 is 0. The van der Waals surface area contributed by atoms with Crippen molar-refractivity contribution in [1.82, 2.24) is 20.2 Å². The van der Waals surface area contributed by atoms with Crippen LogP contribution in [-0.2, 0) is 0 Å². The predicted octanol–water partition coefficient (Wildman–Crippen LogP) is 0.746. The minimum absolute atomic E-state index is 0.274. The molecule has 1 saturated heterocycles. The molecule has 1 atom stereocenters. The largest absolute Gasteiger partial charge is 0.391 e. The first-order chi connectivity index (χ1) is 9.28. The molecule has 1 aliphatic heterocycles. The Morgan fingerprint density at radius 1 is 1.53 bits per heavy atom. The standard InChI is InChI=1S/C12H18N6O/c1-2-4-13-12-15-10-9(6-14-17-10)11(16-12)18-5-3-8(19)7-18/h6,8,19H,2-5,7H2,1H3,(H2,13,14,15,16,17). The molecule has 7 nitrogen and oxygen atoms in total. The van der Waals surface area contributed by atoms with Crippen LogP contribution >= 0.6 is 0 Å². The molecule has 0 aliphatic carbocycles. The second-order valence-electron chi connectivity index (χ2n) is 4.82. The zero-order valence-electron chi connectivity index (χ0n) is 10.9. The van der Waals surface area contributed by atoms with Crippen molar-refractivity contribution < 1.29 is 5.11 Å². The highest BCUT2D eigenvalue weighted by Crippen LogP contribution is 2.26. The van der Waals surface area contributed by atoms with E-state index in [4.69, 9.17) is 0 Å². The molecular formula is C12H18N6O. The predicted molar refractivity (Wildman–Crippen MR) is 73.3 cm³/mol. The number of rotatable bonds is 4.